The Balaban J connectivity index is 3.68. The van der Waals surface area contributed by atoms with Crippen LogP contribution in [0.2, 0.25) is 0 Å². The van der Waals surface area contributed by atoms with Gasteiger partial charge in [0.15, 0.2) is 0 Å². The first-order valence-corrected chi connectivity index (χ1v) is 6.11. The second-order valence-electron chi connectivity index (χ2n) is 6.42. The molecule has 0 aromatic heterocycles. The molecule has 0 spiro atoms. The van der Waals surface area contributed by atoms with Crippen molar-refractivity contribution in [3.8, 4) is 0 Å². The first-order chi connectivity index (χ1) is 6.67. The molecule has 0 heterocycles. The van der Waals surface area contributed by atoms with E-state index in [1.165, 1.54) is 0 Å². The molecule has 0 amide bonds. The van der Waals surface area contributed by atoms with Gasteiger partial charge in [0.2, 0.25) is 0 Å². The minimum atomic E-state index is 0.338. The largest absolute Gasteiger partial charge is 0.315 e. The van der Waals surface area contributed by atoms with Crippen LogP contribution in [0.3, 0.4) is 0 Å². The Bertz CT molecular complexity index is 166. The van der Waals surface area contributed by atoms with Crippen molar-refractivity contribution in [3.05, 3.63) is 0 Å². The van der Waals surface area contributed by atoms with Gasteiger partial charge in [0, 0.05) is 25.7 Å². The molecule has 92 valence electrons. The van der Waals surface area contributed by atoms with E-state index < -0.39 is 0 Å². The average Bonchev–Trinajstić information content (AvgIpc) is 2.00. The van der Waals surface area contributed by atoms with E-state index in [1.807, 2.05) is 0 Å². The maximum absolute atomic E-state index is 3.53. The van der Waals surface area contributed by atoms with Crippen LogP contribution in [0, 0.1) is 10.8 Å². The van der Waals surface area contributed by atoms with E-state index in [-0.39, 0.29) is 0 Å². The zero-order valence-corrected chi connectivity index (χ0v) is 11.7. The van der Waals surface area contributed by atoms with Gasteiger partial charge in [0.1, 0.15) is 0 Å². The van der Waals surface area contributed by atoms with E-state index in [0.717, 1.165) is 19.6 Å². The number of hydrogen-bond acceptors (Lipinski definition) is 2. The third-order valence-electron chi connectivity index (χ3n) is 3.45. The predicted molar refractivity (Wildman–Crippen MR) is 69.2 cm³/mol. The monoisotopic (exact) mass is 214 g/mol. The van der Waals surface area contributed by atoms with Gasteiger partial charge in [0.25, 0.3) is 0 Å². The van der Waals surface area contributed by atoms with Gasteiger partial charge in [-0.2, -0.15) is 0 Å². The lowest BCUT2D eigenvalue weighted by atomic mass is 9.69. The Kier molecular flexibility index (Phi) is 5.82. The number of nitrogens with one attached hydrogen (secondary N) is 2. The maximum Gasteiger partial charge on any atom is 0.00790 e. The molecule has 0 atom stereocenters. The van der Waals surface area contributed by atoms with Crippen LogP contribution in [-0.4, -0.2) is 25.7 Å². The topological polar surface area (TPSA) is 24.1 Å². The van der Waals surface area contributed by atoms with Crippen molar-refractivity contribution in [1.29, 1.82) is 0 Å². The molecule has 2 nitrogen and oxygen atoms in total. The lowest BCUT2D eigenvalue weighted by molar-refractivity contribution is 0.129. The molecule has 0 saturated carbocycles. The van der Waals surface area contributed by atoms with Crippen LogP contribution in [0.4, 0.5) is 0 Å². The average molecular weight is 214 g/mol. The van der Waals surface area contributed by atoms with E-state index in [2.05, 4.69) is 59.1 Å². The van der Waals surface area contributed by atoms with Crippen molar-refractivity contribution >= 4 is 0 Å². The Labute approximate surface area is 96.2 Å². The molecule has 2 heteroatoms. The predicted octanol–water partition coefficient (Wildman–Crippen LogP) is 2.65. The molecule has 0 aromatic rings. The highest BCUT2D eigenvalue weighted by Crippen LogP contribution is 2.36. The van der Waals surface area contributed by atoms with Crippen LogP contribution in [-0.2, 0) is 0 Å². The fraction of sp³-hybridized carbons (Fsp3) is 1.00. The van der Waals surface area contributed by atoms with Gasteiger partial charge in [-0.3, -0.25) is 0 Å². The van der Waals surface area contributed by atoms with Crippen molar-refractivity contribution in [2.24, 2.45) is 10.8 Å². The Hall–Kier alpha value is -0.0800. The van der Waals surface area contributed by atoms with E-state index in [0.29, 0.717) is 16.9 Å². The Morgan fingerprint density at radius 1 is 0.933 bits per heavy atom. The summed E-state index contributed by atoms with van der Waals surface area (Å²) in [6.45, 7) is 19.1. The molecule has 0 radical (unpaired) electrons. The summed E-state index contributed by atoms with van der Waals surface area (Å²) in [7, 11) is 0. The Morgan fingerprint density at radius 2 is 1.47 bits per heavy atom. The standard InChI is InChI=1S/C13H30N2/c1-11(2)15-9-8-14-10-13(6,7)12(3,4)5/h11,14-15H,8-10H2,1-7H3. The zero-order chi connectivity index (χ0) is 12.1. The van der Waals surface area contributed by atoms with Gasteiger partial charge >= 0.3 is 0 Å². The maximum atomic E-state index is 3.53. The fourth-order valence-electron chi connectivity index (χ4n) is 1.12. The molecule has 15 heavy (non-hydrogen) atoms. The molecule has 0 aliphatic rings. The molecule has 0 aliphatic carbocycles. The van der Waals surface area contributed by atoms with Crippen LogP contribution >= 0.6 is 0 Å². The SMILES string of the molecule is CC(C)NCCNCC(C)(C)C(C)(C)C. The smallest absolute Gasteiger partial charge is 0.00790 e. The van der Waals surface area contributed by atoms with Crippen LogP contribution < -0.4 is 10.6 Å². The summed E-state index contributed by atoms with van der Waals surface area (Å²) in [6.07, 6.45) is 0. The van der Waals surface area contributed by atoms with Crippen molar-refractivity contribution in [2.75, 3.05) is 19.6 Å². The summed E-state index contributed by atoms with van der Waals surface area (Å²) >= 11 is 0. The first kappa shape index (κ1) is 14.9. The third kappa shape index (κ3) is 6.16. The summed E-state index contributed by atoms with van der Waals surface area (Å²) in [6, 6.07) is 0.586. The van der Waals surface area contributed by atoms with Gasteiger partial charge in [-0.25, -0.2) is 0 Å². The first-order valence-electron chi connectivity index (χ1n) is 6.11. The third-order valence-corrected chi connectivity index (χ3v) is 3.45. The lowest BCUT2D eigenvalue weighted by Crippen LogP contribution is -2.42. The van der Waals surface area contributed by atoms with Crippen molar-refractivity contribution in [3.63, 3.8) is 0 Å². The van der Waals surface area contributed by atoms with Crippen LogP contribution in [0.1, 0.15) is 48.5 Å². The zero-order valence-electron chi connectivity index (χ0n) is 11.7. The molecule has 2 N–H and O–H groups in total. The van der Waals surface area contributed by atoms with Crippen LogP contribution in [0.15, 0.2) is 0 Å². The highest BCUT2D eigenvalue weighted by atomic mass is 15.0. The highest BCUT2D eigenvalue weighted by Gasteiger charge is 2.31. The summed E-state index contributed by atoms with van der Waals surface area (Å²) < 4.78 is 0. The van der Waals surface area contributed by atoms with E-state index >= 15 is 0 Å². The molecule has 0 saturated heterocycles. The molecule has 0 bridgehead atoms. The summed E-state index contributed by atoms with van der Waals surface area (Å²) in [5.74, 6) is 0. The van der Waals surface area contributed by atoms with Crippen molar-refractivity contribution in [2.45, 2.75) is 54.5 Å². The minimum absolute atomic E-state index is 0.338. The van der Waals surface area contributed by atoms with Crippen molar-refractivity contribution in [1.82, 2.24) is 10.6 Å². The normalized spacial score (nSPS) is 13.6. The number of hydrogen-bond donors (Lipinski definition) is 2. The molecule has 0 unspecified atom stereocenters. The van der Waals surface area contributed by atoms with Gasteiger partial charge in [0.05, 0.1) is 0 Å². The second kappa shape index (κ2) is 5.86. The number of rotatable bonds is 6. The van der Waals surface area contributed by atoms with Crippen LogP contribution in [0.5, 0.6) is 0 Å². The molecule has 0 fully saturated rings. The summed E-state index contributed by atoms with van der Waals surface area (Å²) in [5.41, 5.74) is 0.691. The van der Waals surface area contributed by atoms with Crippen LogP contribution in [0.25, 0.3) is 0 Å². The van der Waals surface area contributed by atoms with Gasteiger partial charge in [-0.1, -0.05) is 48.5 Å². The van der Waals surface area contributed by atoms with E-state index in [4.69, 9.17) is 0 Å². The van der Waals surface area contributed by atoms with Gasteiger partial charge in [-0.15, -0.1) is 0 Å². The second-order valence-corrected chi connectivity index (χ2v) is 6.42. The minimum Gasteiger partial charge on any atom is -0.315 e. The summed E-state index contributed by atoms with van der Waals surface area (Å²) in [4.78, 5) is 0. The quantitative estimate of drug-likeness (QED) is 0.664. The Morgan fingerprint density at radius 3 is 1.87 bits per heavy atom. The molecular weight excluding hydrogens is 184 g/mol. The lowest BCUT2D eigenvalue weighted by Gasteiger charge is -2.39. The fourth-order valence-corrected chi connectivity index (χ4v) is 1.12. The van der Waals surface area contributed by atoms with Gasteiger partial charge < -0.3 is 10.6 Å². The molecule has 0 aliphatic heterocycles. The van der Waals surface area contributed by atoms with Crippen molar-refractivity contribution < 1.29 is 0 Å². The highest BCUT2D eigenvalue weighted by molar-refractivity contribution is 4.84. The molecule has 0 aromatic carbocycles. The molecular formula is C13H30N2. The summed E-state index contributed by atoms with van der Waals surface area (Å²) in [5, 5.41) is 6.93. The van der Waals surface area contributed by atoms with Gasteiger partial charge in [-0.05, 0) is 10.8 Å². The van der Waals surface area contributed by atoms with E-state index in [9.17, 15) is 0 Å². The van der Waals surface area contributed by atoms with E-state index in [1.54, 1.807) is 0 Å². The molecule has 0 rings (SSSR count).